The van der Waals surface area contributed by atoms with Gasteiger partial charge in [0.05, 0.1) is 0 Å². The molecule has 3 aromatic rings. The molecule has 0 fully saturated rings. The summed E-state index contributed by atoms with van der Waals surface area (Å²) in [5, 5.41) is 0. The van der Waals surface area contributed by atoms with Crippen LogP contribution in [0.1, 0.15) is 19.4 Å². The van der Waals surface area contributed by atoms with Crippen molar-refractivity contribution in [1.29, 1.82) is 0 Å². The molecule has 0 bridgehead atoms. The highest BCUT2D eigenvalue weighted by atomic mass is 16.5. The maximum atomic E-state index is 6.46. The molecule has 29 heavy (non-hydrogen) atoms. The first-order valence-corrected chi connectivity index (χ1v) is 9.86. The summed E-state index contributed by atoms with van der Waals surface area (Å²) in [7, 11) is 0. The van der Waals surface area contributed by atoms with Crippen LogP contribution < -0.4 is 25.9 Å². The van der Waals surface area contributed by atoms with Crippen LogP contribution in [0.15, 0.2) is 91.0 Å². The maximum absolute atomic E-state index is 6.46. The minimum absolute atomic E-state index is 0.105. The van der Waals surface area contributed by atoms with E-state index in [-0.39, 0.29) is 6.71 Å². The van der Waals surface area contributed by atoms with Crippen LogP contribution in [0.5, 0.6) is 23.0 Å². The monoisotopic (exact) mass is 376 g/mol. The largest absolute Gasteiger partial charge is 0.458 e. The van der Waals surface area contributed by atoms with Gasteiger partial charge in [-0.05, 0) is 54.6 Å². The molecule has 2 heterocycles. The van der Waals surface area contributed by atoms with Crippen molar-refractivity contribution in [3.05, 3.63) is 96.6 Å². The van der Waals surface area contributed by atoms with Gasteiger partial charge in [-0.25, -0.2) is 0 Å². The van der Waals surface area contributed by atoms with Gasteiger partial charge in [0.15, 0.2) is 0 Å². The van der Waals surface area contributed by atoms with E-state index < -0.39 is 0 Å². The summed E-state index contributed by atoms with van der Waals surface area (Å²) in [5.41, 5.74) is 6.81. The highest BCUT2D eigenvalue weighted by Crippen LogP contribution is 2.38. The van der Waals surface area contributed by atoms with Gasteiger partial charge >= 0.3 is 0 Å². The van der Waals surface area contributed by atoms with E-state index in [2.05, 4.69) is 62.1 Å². The number of hydrogen-bond donors (Lipinski definition) is 0. The Balaban J connectivity index is 1.75. The fourth-order valence-corrected chi connectivity index (χ4v) is 4.11. The second kappa shape index (κ2) is 6.86. The third kappa shape index (κ3) is 2.82. The Kier molecular flexibility index (Phi) is 4.17. The first kappa shape index (κ1) is 17.6. The quantitative estimate of drug-likeness (QED) is 0.328. The molecule has 0 radical (unpaired) electrons. The van der Waals surface area contributed by atoms with E-state index in [0.717, 1.165) is 45.2 Å². The van der Waals surface area contributed by atoms with Crippen LogP contribution in [0, 0.1) is 0 Å². The molecule has 0 N–H and O–H groups in total. The highest BCUT2D eigenvalue weighted by Gasteiger charge is 2.40. The molecule has 2 nitrogen and oxygen atoms in total. The van der Waals surface area contributed by atoms with Crippen molar-refractivity contribution in [2.45, 2.75) is 13.8 Å². The number of benzene rings is 3. The van der Waals surface area contributed by atoms with Crippen LogP contribution in [0.4, 0.5) is 0 Å². The Hall–Kier alpha value is -3.46. The van der Waals surface area contributed by atoms with Crippen molar-refractivity contribution >= 4 is 28.7 Å². The molecule has 0 aliphatic carbocycles. The van der Waals surface area contributed by atoms with Gasteiger partial charge < -0.3 is 9.47 Å². The number of fused-ring (bicyclic) bond motifs is 4. The first-order valence-electron chi connectivity index (χ1n) is 9.86. The predicted octanol–water partition coefficient (Wildman–Crippen LogP) is 4.95. The molecule has 5 rings (SSSR count). The van der Waals surface area contributed by atoms with Crippen LogP contribution >= 0.6 is 0 Å². The van der Waals surface area contributed by atoms with Crippen molar-refractivity contribution in [3.63, 3.8) is 0 Å². The SMILES string of the molecule is C=C/C(C)=C\C=C(/C)c1ccc2c3c1Oc1ccccc1B3c1ccccc1O2. The third-order valence-corrected chi connectivity index (χ3v) is 5.68. The molecule has 3 heteroatoms. The smallest absolute Gasteiger partial charge is 0.260 e. The highest BCUT2D eigenvalue weighted by molar-refractivity contribution is 6.98. The molecule has 0 amide bonds. The average Bonchev–Trinajstić information content (AvgIpc) is 2.77. The van der Waals surface area contributed by atoms with Gasteiger partial charge in [-0.15, -0.1) is 0 Å². The lowest BCUT2D eigenvalue weighted by Crippen LogP contribution is -2.57. The van der Waals surface area contributed by atoms with Gasteiger partial charge in [-0.2, -0.15) is 0 Å². The fraction of sp³-hybridized carbons (Fsp3) is 0.0769. The van der Waals surface area contributed by atoms with E-state index in [4.69, 9.17) is 9.47 Å². The van der Waals surface area contributed by atoms with Gasteiger partial charge in [0, 0.05) is 11.0 Å². The van der Waals surface area contributed by atoms with Crippen molar-refractivity contribution in [2.75, 3.05) is 0 Å². The van der Waals surface area contributed by atoms with Crippen molar-refractivity contribution < 1.29 is 9.47 Å². The average molecular weight is 376 g/mol. The minimum atomic E-state index is 0.105. The van der Waals surface area contributed by atoms with E-state index in [9.17, 15) is 0 Å². The standard InChI is InChI=1S/C26H21BO2/c1-4-17(2)13-14-18(3)19-15-16-24-25-26(19)29-23-12-8-6-10-21(23)27(25)20-9-5-7-11-22(20)28-24/h4-16H,1H2,2-3H3/b17-13-,18-14+. The van der Waals surface area contributed by atoms with E-state index in [1.807, 2.05) is 37.3 Å². The zero-order valence-corrected chi connectivity index (χ0v) is 16.6. The van der Waals surface area contributed by atoms with E-state index in [0.29, 0.717) is 0 Å². The number of allylic oxidation sites excluding steroid dienone is 5. The predicted molar refractivity (Wildman–Crippen MR) is 122 cm³/mol. The molecule has 2 aliphatic heterocycles. The summed E-state index contributed by atoms with van der Waals surface area (Å²) in [6.07, 6.45) is 6.05. The molecule has 140 valence electrons. The Morgan fingerprint density at radius 1 is 0.793 bits per heavy atom. The summed E-state index contributed by atoms with van der Waals surface area (Å²) in [5.74, 6) is 3.58. The zero-order chi connectivity index (χ0) is 20.0. The Bertz CT molecular complexity index is 1190. The van der Waals surface area contributed by atoms with Crippen LogP contribution in [0.25, 0.3) is 5.57 Å². The minimum Gasteiger partial charge on any atom is -0.458 e. The van der Waals surface area contributed by atoms with Crippen LogP contribution in [-0.2, 0) is 0 Å². The van der Waals surface area contributed by atoms with E-state index in [1.54, 1.807) is 0 Å². The summed E-state index contributed by atoms with van der Waals surface area (Å²) >= 11 is 0. The summed E-state index contributed by atoms with van der Waals surface area (Å²) in [6.45, 7) is 8.09. The van der Waals surface area contributed by atoms with Crippen molar-refractivity contribution in [2.24, 2.45) is 0 Å². The normalized spacial score (nSPS) is 14.2. The van der Waals surface area contributed by atoms with Crippen molar-refractivity contribution in [3.8, 4) is 23.0 Å². The summed E-state index contributed by atoms with van der Waals surface area (Å²) in [4.78, 5) is 0. The van der Waals surface area contributed by atoms with E-state index in [1.165, 1.54) is 10.9 Å². The number of hydrogen-bond acceptors (Lipinski definition) is 2. The molecular formula is C26H21BO2. The van der Waals surface area contributed by atoms with Crippen LogP contribution in [0.2, 0.25) is 0 Å². The van der Waals surface area contributed by atoms with Gasteiger partial charge in [-0.3, -0.25) is 0 Å². The lowest BCUT2D eigenvalue weighted by Gasteiger charge is -2.34. The fourth-order valence-electron chi connectivity index (χ4n) is 4.11. The number of rotatable bonds is 3. The van der Waals surface area contributed by atoms with Crippen LogP contribution in [0.3, 0.4) is 0 Å². The Labute approximate surface area is 171 Å². The molecule has 0 aromatic heterocycles. The second-order valence-electron chi connectivity index (χ2n) is 7.53. The summed E-state index contributed by atoms with van der Waals surface area (Å²) in [6, 6.07) is 20.7. The maximum Gasteiger partial charge on any atom is 0.260 e. The van der Waals surface area contributed by atoms with Crippen LogP contribution in [-0.4, -0.2) is 6.71 Å². The molecule has 0 unspecified atom stereocenters. The topological polar surface area (TPSA) is 18.5 Å². The first-order chi connectivity index (χ1) is 14.2. The Morgan fingerprint density at radius 3 is 2.14 bits per heavy atom. The lowest BCUT2D eigenvalue weighted by molar-refractivity contribution is 0.463. The summed E-state index contributed by atoms with van der Waals surface area (Å²) < 4.78 is 12.7. The molecule has 3 aromatic carbocycles. The number of para-hydroxylation sites is 2. The van der Waals surface area contributed by atoms with Gasteiger partial charge in [-0.1, -0.05) is 66.8 Å². The van der Waals surface area contributed by atoms with E-state index >= 15 is 0 Å². The molecule has 2 aliphatic rings. The lowest BCUT2D eigenvalue weighted by atomic mass is 9.34. The molecular weight excluding hydrogens is 355 g/mol. The molecule has 0 saturated heterocycles. The zero-order valence-electron chi connectivity index (χ0n) is 16.6. The Morgan fingerprint density at radius 2 is 1.45 bits per heavy atom. The second-order valence-corrected chi connectivity index (χ2v) is 7.53. The molecule has 0 saturated carbocycles. The molecule has 0 spiro atoms. The molecule has 0 atom stereocenters. The van der Waals surface area contributed by atoms with Gasteiger partial charge in [0.1, 0.15) is 23.0 Å². The van der Waals surface area contributed by atoms with Gasteiger partial charge in [0.25, 0.3) is 6.71 Å². The third-order valence-electron chi connectivity index (χ3n) is 5.68. The van der Waals surface area contributed by atoms with Crippen molar-refractivity contribution in [1.82, 2.24) is 0 Å². The van der Waals surface area contributed by atoms with Gasteiger partial charge in [0.2, 0.25) is 0 Å². The number of ether oxygens (including phenoxy) is 2.